The van der Waals surface area contributed by atoms with E-state index in [-0.39, 0.29) is 0 Å². The minimum absolute atomic E-state index is 0.612. The van der Waals surface area contributed by atoms with Crippen molar-refractivity contribution in [2.24, 2.45) is 0 Å². The van der Waals surface area contributed by atoms with Gasteiger partial charge in [0.2, 0.25) is 0 Å². The third kappa shape index (κ3) is 3.94. The first-order valence-electron chi connectivity index (χ1n) is 6.05. The number of rotatable bonds is 7. The second-order valence-corrected chi connectivity index (χ2v) is 4.36. The van der Waals surface area contributed by atoms with Gasteiger partial charge in [-0.15, -0.1) is 0 Å². The van der Waals surface area contributed by atoms with Crippen LogP contribution in [0.4, 0.5) is 0 Å². The van der Waals surface area contributed by atoms with Crippen molar-refractivity contribution in [3.63, 3.8) is 0 Å². The molecule has 16 heavy (non-hydrogen) atoms. The van der Waals surface area contributed by atoms with Crippen LogP contribution in [-0.4, -0.2) is 41.4 Å². The third-order valence-corrected chi connectivity index (χ3v) is 2.92. The summed E-state index contributed by atoms with van der Waals surface area (Å²) in [6.07, 6.45) is 5.21. The van der Waals surface area contributed by atoms with Crippen LogP contribution in [0.3, 0.4) is 0 Å². The SMILES string of the molecule is CCC(CNCc1cnn(CC)c1)N(C)C. The minimum atomic E-state index is 0.612. The summed E-state index contributed by atoms with van der Waals surface area (Å²) in [5.74, 6) is 0. The molecule has 1 unspecified atom stereocenters. The van der Waals surface area contributed by atoms with E-state index >= 15 is 0 Å². The van der Waals surface area contributed by atoms with Crippen LogP contribution in [-0.2, 0) is 13.1 Å². The zero-order chi connectivity index (χ0) is 12.0. The molecule has 0 aliphatic rings. The van der Waals surface area contributed by atoms with Gasteiger partial charge in [0.25, 0.3) is 0 Å². The average Bonchev–Trinajstić information content (AvgIpc) is 2.71. The Balaban J connectivity index is 2.29. The lowest BCUT2D eigenvalue weighted by Crippen LogP contribution is -2.37. The lowest BCUT2D eigenvalue weighted by atomic mass is 10.2. The second-order valence-electron chi connectivity index (χ2n) is 4.36. The molecule has 1 aromatic heterocycles. The monoisotopic (exact) mass is 224 g/mol. The molecule has 1 rings (SSSR count). The van der Waals surface area contributed by atoms with E-state index in [1.54, 1.807) is 0 Å². The van der Waals surface area contributed by atoms with Crippen molar-refractivity contribution in [3.05, 3.63) is 18.0 Å². The van der Waals surface area contributed by atoms with Crippen LogP contribution < -0.4 is 5.32 Å². The van der Waals surface area contributed by atoms with Gasteiger partial charge in [0.1, 0.15) is 0 Å². The first-order valence-corrected chi connectivity index (χ1v) is 6.05. The van der Waals surface area contributed by atoms with Crippen molar-refractivity contribution in [2.75, 3.05) is 20.6 Å². The number of likely N-dealkylation sites (N-methyl/N-ethyl adjacent to an activating group) is 1. The fourth-order valence-corrected chi connectivity index (χ4v) is 1.75. The van der Waals surface area contributed by atoms with E-state index in [9.17, 15) is 0 Å². The molecule has 0 saturated heterocycles. The molecule has 1 N–H and O–H groups in total. The molecule has 0 aliphatic heterocycles. The van der Waals surface area contributed by atoms with Gasteiger partial charge >= 0.3 is 0 Å². The smallest absolute Gasteiger partial charge is 0.0534 e. The van der Waals surface area contributed by atoms with Crippen molar-refractivity contribution >= 4 is 0 Å². The van der Waals surface area contributed by atoms with Gasteiger partial charge in [-0.1, -0.05) is 6.92 Å². The molecule has 1 atom stereocenters. The zero-order valence-electron chi connectivity index (χ0n) is 10.9. The van der Waals surface area contributed by atoms with Gasteiger partial charge < -0.3 is 10.2 Å². The fourth-order valence-electron chi connectivity index (χ4n) is 1.75. The van der Waals surface area contributed by atoms with E-state index < -0.39 is 0 Å². The topological polar surface area (TPSA) is 33.1 Å². The Morgan fingerprint density at radius 2 is 2.19 bits per heavy atom. The van der Waals surface area contributed by atoms with Crippen molar-refractivity contribution in [1.82, 2.24) is 20.0 Å². The van der Waals surface area contributed by atoms with E-state index in [0.717, 1.165) is 19.6 Å². The van der Waals surface area contributed by atoms with Crippen molar-refractivity contribution in [3.8, 4) is 0 Å². The molecule has 0 aliphatic carbocycles. The number of aryl methyl sites for hydroxylation is 1. The standard InChI is InChI=1S/C12H24N4/c1-5-12(15(3)4)9-13-7-11-8-14-16(6-2)10-11/h8,10,12-13H,5-7,9H2,1-4H3. The minimum Gasteiger partial charge on any atom is -0.311 e. The maximum atomic E-state index is 4.25. The molecule has 4 heteroatoms. The van der Waals surface area contributed by atoms with Crippen LogP contribution in [0.2, 0.25) is 0 Å². The summed E-state index contributed by atoms with van der Waals surface area (Å²) in [7, 11) is 4.26. The highest BCUT2D eigenvalue weighted by Gasteiger charge is 2.07. The Labute approximate surface area is 98.6 Å². The van der Waals surface area contributed by atoms with Crippen LogP contribution in [0, 0.1) is 0 Å². The predicted molar refractivity (Wildman–Crippen MR) is 67.4 cm³/mol. The van der Waals surface area contributed by atoms with Gasteiger partial charge in [0.15, 0.2) is 0 Å². The molecule has 92 valence electrons. The molecular formula is C12H24N4. The molecule has 0 amide bonds. The summed E-state index contributed by atoms with van der Waals surface area (Å²) in [4.78, 5) is 2.27. The zero-order valence-corrected chi connectivity index (χ0v) is 10.9. The highest BCUT2D eigenvalue weighted by Crippen LogP contribution is 2.00. The molecule has 0 radical (unpaired) electrons. The molecule has 0 fully saturated rings. The van der Waals surface area contributed by atoms with Gasteiger partial charge in [0, 0.05) is 37.4 Å². The average molecular weight is 224 g/mol. The fraction of sp³-hybridized carbons (Fsp3) is 0.750. The summed E-state index contributed by atoms with van der Waals surface area (Å²) < 4.78 is 1.96. The van der Waals surface area contributed by atoms with Crippen LogP contribution in [0.15, 0.2) is 12.4 Å². The lowest BCUT2D eigenvalue weighted by molar-refractivity contribution is 0.276. The maximum absolute atomic E-state index is 4.25. The molecule has 4 nitrogen and oxygen atoms in total. The van der Waals surface area contributed by atoms with Crippen molar-refractivity contribution < 1.29 is 0 Å². The largest absolute Gasteiger partial charge is 0.311 e. The van der Waals surface area contributed by atoms with Crippen LogP contribution in [0.1, 0.15) is 25.8 Å². The third-order valence-electron chi connectivity index (χ3n) is 2.92. The quantitative estimate of drug-likeness (QED) is 0.758. The van der Waals surface area contributed by atoms with Gasteiger partial charge in [-0.05, 0) is 27.4 Å². The van der Waals surface area contributed by atoms with Crippen molar-refractivity contribution in [1.29, 1.82) is 0 Å². The lowest BCUT2D eigenvalue weighted by Gasteiger charge is -2.22. The first kappa shape index (κ1) is 13.2. The van der Waals surface area contributed by atoms with Gasteiger partial charge in [-0.3, -0.25) is 4.68 Å². The number of aromatic nitrogens is 2. The van der Waals surface area contributed by atoms with Crippen LogP contribution in [0.25, 0.3) is 0 Å². The molecule has 0 saturated carbocycles. The first-order chi connectivity index (χ1) is 7.67. The van der Waals surface area contributed by atoms with E-state index in [1.165, 1.54) is 12.0 Å². The van der Waals surface area contributed by atoms with Crippen molar-refractivity contribution in [2.45, 2.75) is 39.4 Å². The number of hydrogen-bond donors (Lipinski definition) is 1. The summed E-state index contributed by atoms with van der Waals surface area (Å²) in [6.45, 7) is 7.20. The van der Waals surface area contributed by atoms with Crippen LogP contribution in [0.5, 0.6) is 0 Å². The number of nitrogens with zero attached hydrogens (tertiary/aromatic N) is 3. The second kappa shape index (κ2) is 6.66. The maximum Gasteiger partial charge on any atom is 0.0534 e. The number of hydrogen-bond acceptors (Lipinski definition) is 3. The van der Waals surface area contributed by atoms with E-state index in [0.29, 0.717) is 6.04 Å². The summed E-state index contributed by atoms with van der Waals surface area (Å²) in [5.41, 5.74) is 1.26. The summed E-state index contributed by atoms with van der Waals surface area (Å²) >= 11 is 0. The van der Waals surface area contributed by atoms with E-state index in [2.05, 4.69) is 49.5 Å². The molecule has 0 spiro atoms. The molecule has 0 aromatic carbocycles. The normalized spacial score (nSPS) is 13.3. The van der Waals surface area contributed by atoms with Crippen LogP contribution >= 0.6 is 0 Å². The Kier molecular flexibility index (Phi) is 5.49. The predicted octanol–water partition coefficient (Wildman–Crippen LogP) is 1.33. The molecule has 1 aromatic rings. The number of nitrogens with one attached hydrogen (secondary N) is 1. The molecular weight excluding hydrogens is 200 g/mol. The highest BCUT2D eigenvalue weighted by molar-refractivity contribution is 5.03. The summed E-state index contributed by atoms with van der Waals surface area (Å²) in [6, 6.07) is 0.612. The Morgan fingerprint density at radius 1 is 1.44 bits per heavy atom. The summed E-state index contributed by atoms with van der Waals surface area (Å²) in [5, 5.41) is 7.73. The van der Waals surface area contributed by atoms with Gasteiger partial charge in [-0.2, -0.15) is 5.10 Å². The van der Waals surface area contributed by atoms with Gasteiger partial charge in [0.05, 0.1) is 6.20 Å². The highest BCUT2D eigenvalue weighted by atomic mass is 15.3. The molecule has 1 heterocycles. The van der Waals surface area contributed by atoms with Gasteiger partial charge in [-0.25, -0.2) is 0 Å². The van der Waals surface area contributed by atoms with E-state index in [4.69, 9.17) is 0 Å². The Morgan fingerprint density at radius 3 is 2.69 bits per heavy atom. The van der Waals surface area contributed by atoms with E-state index in [1.807, 2.05) is 10.9 Å². The Hall–Kier alpha value is -0.870. The molecule has 0 bridgehead atoms. The Bertz CT molecular complexity index is 293.